The van der Waals surface area contributed by atoms with Gasteiger partial charge in [-0.3, -0.25) is 0 Å². The van der Waals surface area contributed by atoms with Crippen LogP contribution in [0.1, 0.15) is 5.69 Å². The van der Waals surface area contributed by atoms with Gasteiger partial charge < -0.3 is 10.3 Å². The van der Waals surface area contributed by atoms with Crippen LogP contribution in [0.3, 0.4) is 0 Å². The third-order valence-corrected chi connectivity index (χ3v) is 2.90. The number of H-pyrrole nitrogens is 1. The highest BCUT2D eigenvalue weighted by Crippen LogP contribution is 2.28. The van der Waals surface area contributed by atoms with Crippen molar-refractivity contribution in [3.63, 3.8) is 0 Å². The monoisotopic (exact) mass is 317 g/mol. The zero-order chi connectivity index (χ0) is 12.4. The molecular weight excluding hydrogens is 308 g/mol. The van der Waals surface area contributed by atoms with Crippen LogP contribution in [0, 0.1) is 5.82 Å². The summed E-state index contributed by atoms with van der Waals surface area (Å²) in [5.41, 5.74) is 1.76. The minimum atomic E-state index is -0.342. The van der Waals surface area contributed by atoms with Gasteiger partial charge in [0, 0.05) is 17.1 Å². The highest BCUT2D eigenvalue weighted by Gasteiger charge is 2.14. The molecule has 2 aromatic rings. The highest BCUT2D eigenvalue weighted by molar-refractivity contribution is 9.10. The van der Waals surface area contributed by atoms with E-state index in [-0.39, 0.29) is 5.82 Å². The lowest BCUT2D eigenvalue weighted by Crippen LogP contribution is -2.06. The first-order chi connectivity index (χ1) is 8.11. The van der Waals surface area contributed by atoms with E-state index < -0.39 is 0 Å². The van der Waals surface area contributed by atoms with Crippen LogP contribution in [0.5, 0.6) is 0 Å². The maximum atomic E-state index is 13.7. The predicted octanol–water partition coefficient (Wildman–Crippen LogP) is 3.35. The average Bonchev–Trinajstić information content (AvgIpc) is 2.64. The molecule has 0 bridgehead atoms. The van der Waals surface area contributed by atoms with Crippen LogP contribution < -0.4 is 5.32 Å². The van der Waals surface area contributed by atoms with Crippen LogP contribution in [0.4, 0.5) is 4.39 Å². The minimum absolute atomic E-state index is 0.342. The Labute approximate surface area is 112 Å². The van der Waals surface area contributed by atoms with Crippen LogP contribution in [0.15, 0.2) is 22.9 Å². The van der Waals surface area contributed by atoms with Crippen LogP contribution in [0.25, 0.3) is 11.3 Å². The molecule has 0 atom stereocenters. The molecule has 0 aliphatic heterocycles. The van der Waals surface area contributed by atoms with Crippen molar-refractivity contribution in [2.45, 2.75) is 6.54 Å². The summed E-state index contributed by atoms with van der Waals surface area (Å²) < 4.78 is 14.3. The Hall–Kier alpha value is -0.910. The number of hydrogen-bond acceptors (Lipinski definition) is 2. The van der Waals surface area contributed by atoms with E-state index in [2.05, 4.69) is 31.2 Å². The number of halogens is 3. The van der Waals surface area contributed by atoms with Crippen molar-refractivity contribution in [3.8, 4) is 11.3 Å². The minimum Gasteiger partial charge on any atom is -0.335 e. The number of hydrogen-bond donors (Lipinski definition) is 2. The molecule has 0 unspecified atom stereocenters. The lowest BCUT2D eigenvalue weighted by Gasteiger charge is -2.04. The lowest BCUT2D eigenvalue weighted by atomic mass is 10.1. The Kier molecular flexibility index (Phi) is 3.81. The summed E-state index contributed by atoms with van der Waals surface area (Å²) in [4.78, 5) is 7.25. The molecule has 1 heterocycles. The number of benzene rings is 1. The molecule has 0 aliphatic carbocycles. The van der Waals surface area contributed by atoms with E-state index in [9.17, 15) is 4.39 Å². The molecule has 0 amide bonds. The summed E-state index contributed by atoms with van der Waals surface area (Å²) in [6.07, 6.45) is 0. The zero-order valence-electron chi connectivity index (χ0n) is 9.02. The first-order valence-electron chi connectivity index (χ1n) is 4.96. The van der Waals surface area contributed by atoms with E-state index in [0.717, 1.165) is 5.69 Å². The molecule has 1 aromatic heterocycles. The van der Waals surface area contributed by atoms with Gasteiger partial charge >= 0.3 is 0 Å². The number of nitrogens with one attached hydrogen (secondary N) is 2. The zero-order valence-corrected chi connectivity index (χ0v) is 11.4. The van der Waals surface area contributed by atoms with Crippen molar-refractivity contribution in [1.29, 1.82) is 0 Å². The fourth-order valence-corrected chi connectivity index (χ4v) is 2.17. The lowest BCUT2D eigenvalue weighted by molar-refractivity contribution is 0.630. The van der Waals surface area contributed by atoms with Crippen molar-refractivity contribution in [2.24, 2.45) is 0 Å². The van der Waals surface area contributed by atoms with E-state index in [1.165, 1.54) is 12.1 Å². The Morgan fingerprint density at radius 1 is 1.53 bits per heavy atom. The maximum Gasteiger partial charge on any atom is 0.175 e. The van der Waals surface area contributed by atoms with Gasteiger partial charge in [0.05, 0.1) is 11.4 Å². The number of rotatable bonds is 3. The molecule has 90 valence electrons. The summed E-state index contributed by atoms with van der Waals surface area (Å²) in [6.45, 7) is 0.569. The summed E-state index contributed by atoms with van der Waals surface area (Å²) in [5.74, 6) is -0.342. The van der Waals surface area contributed by atoms with Crippen LogP contribution in [-0.4, -0.2) is 17.0 Å². The van der Waals surface area contributed by atoms with E-state index in [0.29, 0.717) is 27.6 Å². The van der Waals surface area contributed by atoms with Crippen LogP contribution in [0.2, 0.25) is 5.02 Å². The number of imidazole rings is 1. The van der Waals surface area contributed by atoms with Crippen LogP contribution >= 0.6 is 27.5 Å². The van der Waals surface area contributed by atoms with Gasteiger partial charge in [-0.2, -0.15) is 0 Å². The number of aromatic amines is 1. The summed E-state index contributed by atoms with van der Waals surface area (Å²) in [7, 11) is 1.81. The molecule has 2 N–H and O–H groups in total. The second kappa shape index (κ2) is 5.16. The highest BCUT2D eigenvalue weighted by atomic mass is 79.9. The van der Waals surface area contributed by atoms with Gasteiger partial charge in [-0.05, 0) is 41.2 Å². The number of nitrogens with zero attached hydrogens (tertiary/aromatic N) is 1. The Morgan fingerprint density at radius 3 is 3.00 bits per heavy atom. The maximum absolute atomic E-state index is 13.7. The molecule has 0 aliphatic rings. The molecule has 1 aromatic carbocycles. The molecule has 0 saturated heterocycles. The smallest absolute Gasteiger partial charge is 0.175 e. The van der Waals surface area contributed by atoms with Crippen molar-refractivity contribution in [1.82, 2.24) is 15.3 Å². The van der Waals surface area contributed by atoms with Crippen molar-refractivity contribution < 1.29 is 4.39 Å². The van der Waals surface area contributed by atoms with E-state index in [4.69, 9.17) is 11.6 Å². The Bertz CT molecular complexity index is 542. The standard InChI is InChI=1S/C11H10BrClFN3/c1-15-5-9-10(17-11(12)16-9)7-4-6(13)2-3-8(7)14/h2-4,15H,5H2,1H3,(H,16,17). The molecule has 3 nitrogen and oxygen atoms in total. The van der Waals surface area contributed by atoms with Crippen molar-refractivity contribution >= 4 is 27.5 Å². The van der Waals surface area contributed by atoms with E-state index in [1.54, 1.807) is 6.07 Å². The molecule has 6 heteroatoms. The normalized spacial score (nSPS) is 10.8. The first kappa shape index (κ1) is 12.5. The first-order valence-corrected chi connectivity index (χ1v) is 6.13. The molecule has 0 radical (unpaired) electrons. The van der Waals surface area contributed by atoms with Gasteiger partial charge in [-0.15, -0.1) is 0 Å². The fourth-order valence-electron chi connectivity index (χ4n) is 1.58. The second-order valence-corrected chi connectivity index (χ2v) is 4.70. The van der Waals surface area contributed by atoms with Crippen molar-refractivity contribution in [3.05, 3.63) is 39.5 Å². The number of aromatic nitrogens is 2. The largest absolute Gasteiger partial charge is 0.335 e. The van der Waals surface area contributed by atoms with Gasteiger partial charge in [0.2, 0.25) is 0 Å². The summed E-state index contributed by atoms with van der Waals surface area (Å²) >= 11 is 9.11. The van der Waals surface area contributed by atoms with Gasteiger partial charge in [-0.25, -0.2) is 9.37 Å². The quantitative estimate of drug-likeness (QED) is 0.911. The van der Waals surface area contributed by atoms with E-state index >= 15 is 0 Å². The average molecular weight is 319 g/mol. The molecule has 0 saturated carbocycles. The van der Waals surface area contributed by atoms with Gasteiger partial charge in [0.15, 0.2) is 4.73 Å². The molecule has 2 rings (SSSR count). The van der Waals surface area contributed by atoms with Gasteiger partial charge in [0.1, 0.15) is 5.82 Å². The van der Waals surface area contributed by atoms with Crippen LogP contribution in [-0.2, 0) is 6.54 Å². The summed E-state index contributed by atoms with van der Waals surface area (Å²) in [5, 5.41) is 3.48. The van der Waals surface area contributed by atoms with Gasteiger partial charge in [-0.1, -0.05) is 11.6 Å². The third kappa shape index (κ3) is 2.68. The fraction of sp³-hybridized carbons (Fsp3) is 0.182. The SMILES string of the molecule is CNCc1[nH]c(Br)nc1-c1cc(Cl)ccc1F. The Morgan fingerprint density at radius 2 is 2.29 bits per heavy atom. The predicted molar refractivity (Wildman–Crippen MR) is 69.5 cm³/mol. The third-order valence-electron chi connectivity index (χ3n) is 2.29. The van der Waals surface area contributed by atoms with Gasteiger partial charge in [0.25, 0.3) is 0 Å². The van der Waals surface area contributed by atoms with E-state index in [1.807, 2.05) is 7.05 Å². The summed E-state index contributed by atoms with van der Waals surface area (Å²) in [6, 6.07) is 4.42. The molecule has 17 heavy (non-hydrogen) atoms. The molecular formula is C11H10BrClFN3. The topological polar surface area (TPSA) is 40.7 Å². The second-order valence-electron chi connectivity index (χ2n) is 3.51. The molecule has 0 fully saturated rings. The molecule has 0 spiro atoms. The van der Waals surface area contributed by atoms with Crippen molar-refractivity contribution in [2.75, 3.05) is 7.05 Å². The Balaban J connectivity index is 2.55.